The highest BCUT2D eigenvalue weighted by molar-refractivity contribution is 5.65. The Balaban J connectivity index is 1.69. The van der Waals surface area contributed by atoms with Gasteiger partial charge in [0, 0.05) is 23.8 Å². The molecule has 0 bridgehead atoms. The average Bonchev–Trinajstić information content (AvgIpc) is 2.74. The van der Waals surface area contributed by atoms with Crippen LogP contribution in [-0.4, -0.2) is 38.7 Å². The lowest BCUT2D eigenvalue weighted by Crippen LogP contribution is -2.35. The summed E-state index contributed by atoms with van der Waals surface area (Å²) >= 11 is 0. The van der Waals surface area contributed by atoms with Crippen LogP contribution in [0.2, 0.25) is 0 Å². The molecule has 0 fully saturated rings. The van der Waals surface area contributed by atoms with Gasteiger partial charge >= 0.3 is 0 Å². The first-order valence-corrected chi connectivity index (χ1v) is 9.90. The molecule has 2 aromatic carbocycles. The van der Waals surface area contributed by atoms with E-state index in [1.807, 2.05) is 36.4 Å². The lowest BCUT2D eigenvalue weighted by molar-refractivity contribution is 0.264. The zero-order valence-electron chi connectivity index (χ0n) is 16.9. The lowest BCUT2D eigenvalue weighted by Gasteiger charge is -2.35. The van der Waals surface area contributed by atoms with E-state index in [1.165, 1.54) is 16.8 Å². The number of fused-ring (bicyclic) bond motifs is 1. The molecule has 0 saturated heterocycles. The van der Waals surface area contributed by atoms with Crippen LogP contribution in [0.15, 0.2) is 66.6 Å². The van der Waals surface area contributed by atoms with E-state index in [0.29, 0.717) is 6.04 Å². The maximum absolute atomic E-state index is 6.23. The van der Waals surface area contributed by atoms with Crippen LogP contribution in [0.4, 0.5) is 5.69 Å². The Bertz CT molecular complexity index is 887. The lowest BCUT2D eigenvalue weighted by atomic mass is 9.85. The maximum Gasteiger partial charge on any atom is 0.200 e. The molecule has 0 N–H and O–H groups in total. The third-order valence-corrected chi connectivity index (χ3v) is 5.67. The average molecular weight is 377 g/mol. The molecule has 0 amide bonds. The molecule has 4 nitrogen and oxygen atoms in total. The number of nitrogens with zero attached hydrogens (tertiary/aromatic N) is 2. The Morgan fingerprint density at radius 1 is 1.04 bits per heavy atom. The first-order chi connectivity index (χ1) is 13.7. The van der Waals surface area contributed by atoms with Crippen LogP contribution in [0.25, 0.3) is 0 Å². The molecular formula is C24H28N2O2. The maximum atomic E-state index is 6.23. The summed E-state index contributed by atoms with van der Waals surface area (Å²) < 4.78 is 11.9. The number of allylic oxidation sites excluding steroid dienone is 2. The van der Waals surface area contributed by atoms with Crippen molar-refractivity contribution in [3.8, 4) is 11.5 Å². The van der Waals surface area contributed by atoms with Gasteiger partial charge in [-0.05, 0) is 69.3 Å². The van der Waals surface area contributed by atoms with Crippen molar-refractivity contribution in [1.29, 1.82) is 0 Å². The second-order valence-electron chi connectivity index (χ2n) is 7.56. The third-order valence-electron chi connectivity index (χ3n) is 5.67. The fourth-order valence-corrected chi connectivity index (χ4v) is 4.11. The van der Waals surface area contributed by atoms with E-state index in [1.54, 1.807) is 7.11 Å². The van der Waals surface area contributed by atoms with E-state index in [-0.39, 0.29) is 0 Å². The van der Waals surface area contributed by atoms with Crippen LogP contribution < -0.4 is 14.4 Å². The van der Waals surface area contributed by atoms with Gasteiger partial charge in [-0.25, -0.2) is 0 Å². The van der Waals surface area contributed by atoms with Gasteiger partial charge in [0.1, 0.15) is 11.5 Å². The van der Waals surface area contributed by atoms with Crippen molar-refractivity contribution in [2.75, 3.05) is 32.6 Å². The van der Waals surface area contributed by atoms with Crippen LogP contribution in [0.3, 0.4) is 0 Å². The van der Waals surface area contributed by atoms with Gasteiger partial charge in [-0.2, -0.15) is 0 Å². The van der Waals surface area contributed by atoms with Crippen LogP contribution in [0.1, 0.15) is 17.5 Å². The van der Waals surface area contributed by atoms with Gasteiger partial charge < -0.3 is 19.3 Å². The summed E-state index contributed by atoms with van der Waals surface area (Å²) in [6.45, 7) is 0.800. The number of hydrogen-bond acceptors (Lipinski definition) is 4. The number of benzene rings is 2. The quantitative estimate of drug-likeness (QED) is 0.772. The molecule has 1 aliphatic carbocycles. The summed E-state index contributed by atoms with van der Waals surface area (Å²) in [5, 5.41) is 0. The highest BCUT2D eigenvalue weighted by Crippen LogP contribution is 2.39. The number of ether oxygens (including phenoxy) is 2. The van der Waals surface area contributed by atoms with E-state index < -0.39 is 0 Å². The van der Waals surface area contributed by atoms with Gasteiger partial charge in [0.05, 0.1) is 7.11 Å². The normalized spacial score (nSPS) is 18.6. The van der Waals surface area contributed by atoms with Crippen molar-refractivity contribution >= 4 is 5.69 Å². The number of para-hydroxylation sites is 1. The van der Waals surface area contributed by atoms with E-state index in [2.05, 4.69) is 48.2 Å². The summed E-state index contributed by atoms with van der Waals surface area (Å²) in [5.41, 5.74) is 3.94. The number of likely N-dealkylation sites (N-methyl/N-ethyl adjacent to an activating group) is 1. The molecule has 0 aromatic heterocycles. The molecule has 0 unspecified atom stereocenters. The van der Waals surface area contributed by atoms with Crippen molar-refractivity contribution in [3.05, 3.63) is 77.7 Å². The minimum absolute atomic E-state index is 0.550. The number of rotatable bonds is 5. The number of methoxy groups -OCH3 is 1. The summed E-state index contributed by atoms with van der Waals surface area (Å²) in [7, 11) is 6.09. The second kappa shape index (κ2) is 8.11. The molecule has 2 aromatic rings. The molecule has 0 saturated carbocycles. The van der Waals surface area contributed by atoms with Crippen LogP contribution in [0, 0.1) is 0 Å². The van der Waals surface area contributed by atoms with E-state index in [9.17, 15) is 0 Å². The Labute approximate surface area is 167 Å². The van der Waals surface area contributed by atoms with Gasteiger partial charge in [0.2, 0.25) is 5.88 Å². The molecule has 28 heavy (non-hydrogen) atoms. The van der Waals surface area contributed by atoms with Gasteiger partial charge in [0.25, 0.3) is 0 Å². The van der Waals surface area contributed by atoms with Crippen molar-refractivity contribution in [3.63, 3.8) is 0 Å². The first-order valence-electron chi connectivity index (χ1n) is 9.90. The molecule has 1 aliphatic heterocycles. The fraction of sp³-hybridized carbons (Fsp3) is 0.333. The molecule has 0 spiro atoms. The fourth-order valence-electron chi connectivity index (χ4n) is 4.11. The molecule has 146 valence electrons. The molecule has 2 aliphatic rings. The smallest absolute Gasteiger partial charge is 0.200 e. The van der Waals surface area contributed by atoms with Crippen LogP contribution in [0.5, 0.6) is 11.5 Å². The summed E-state index contributed by atoms with van der Waals surface area (Å²) in [6, 6.07) is 14.8. The molecule has 1 heterocycles. The van der Waals surface area contributed by atoms with Crippen molar-refractivity contribution in [2.24, 2.45) is 0 Å². The van der Waals surface area contributed by atoms with E-state index in [0.717, 1.165) is 43.2 Å². The first kappa shape index (κ1) is 18.6. The Morgan fingerprint density at radius 2 is 1.86 bits per heavy atom. The Kier molecular flexibility index (Phi) is 5.40. The van der Waals surface area contributed by atoms with Crippen LogP contribution in [-0.2, 0) is 12.8 Å². The van der Waals surface area contributed by atoms with Gasteiger partial charge in [-0.1, -0.05) is 30.4 Å². The van der Waals surface area contributed by atoms with E-state index >= 15 is 0 Å². The minimum Gasteiger partial charge on any atom is -0.496 e. The molecule has 4 rings (SSSR count). The third kappa shape index (κ3) is 3.65. The largest absolute Gasteiger partial charge is 0.496 e. The monoisotopic (exact) mass is 376 g/mol. The minimum atomic E-state index is 0.550. The number of hydrogen-bond donors (Lipinski definition) is 0. The molecule has 0 radical (unpaired) electrons. The van der Waals surface area contributed by atoms with Crippen LogP contribution >= 0.6 is 0 Å². The summed E-state index contributed by atoms with van der Waals surface area (Å²) in [6.07, 6.45) is 9.49. The number of anilines is 1. The standard InChI is InChI=1S/C24H28N2O2/c1-25(2)18-12-13-20-21(17-18)23(27-3)15-14-22(20)26-16-8-7-11-24(26)28-19-9-5-4-6-10-19/h4-11,14-15,18H,12-13,16-17H2,1-3H3/t18-/m0/s1. The Morgan fingerprint density at radius 3 is 2.61 bits per heavy atom. The van der Waals surface area contributed by atoms with Gasteiger partial charge in [0.15, 0.2) is 0 Å². The topological polar surface area (TPSA) is 24.9 Å². The Hall–Kier alpha value is -2.72. The van der Waals surface area contributed by atoms with Crippen molar-refractivity contribution in [2.45, 2.75) is 25.3 Å². The highest BCUT2D eigenvalue weighted by atomic mass is 16.5. The molecule has 4 heteroatoms. The SMILES string of the molecule is COc1ccc(N2CC=CC=C2Oc2ccccc2)c2c1C[C@@H](N(C)C)CC2. The molecular weight excluding hydrogens is 348 g/mol. The summed E-state index contributed by atoms with van der Waals surface area (Å²) in [4.78, 5) is 4.59. The van der Waals surface area contributed by atoms with E-state index in [4.69, 9.17) is 9.47 Å². The highest BCUT2D eigenvalue weighted by Gasteiger charge is 2.28. The molecule has 1 atom stereocenters. The van der Waals surface area contributed by atoms with Crippen molar-refractivity contribution < 1.29 is 9.47 Å². The predicted molar refractivity (Wildman–Crippen MR) is 114 cm³/mol. The second-order valence-corrected chi connectivity index (χ2v) is 7.56. The predicted octanol–water partition coefficient (Wildman–Crippen LogP) is 4.41. The summed E-state index contributed by atoms with van der Waals surface area (Å²) in [5.74, 6) is 2.70. The van der Waals surface area contributed by atoms with Crippen molar-refractivity contribution in [1.82, 2.24) is 4.90 Å². The zero-order chi connectivity index (χ0) is 19.5. The van der Waals surface area contributed by atoms with Gasteiger partial charge in [-0.3, -0.25) is 0 Å². The zero-order valence-corrected chi connectivity index (χ0v) is 16.9. The van der Waals surface area contributed by atoms with Gasteiger partial charge in [-0.15, -0.1) is 0 Å².